The Morgan fingerprint density at radius 3 is 2.17 bits per heavy atom. The third-order valence-electron chi connectivity index (χ3n) is 0.678. The fraction of sp³-hybridized carbons (Fsp3) is 0.333. The number of hydrogen-bond acceptors (Lipinski definition) is 3. The summed E-state index contributed by atoms with van der Waals surface area (Å²) in [6.45, 7) is 0. The van der Waals surface area contributed by atoms with E-state index in [-0.39, 0.29) is 0 Å². The highest BCUT2D eigenvalue weighted by atomic mass is 32.2. The lowest BCUT2D eigenvalue weighted by Crippen LogP contribution is -1.98. The summed E-state index contributed by atoms with van der Waals surface area (Å²) in [6, 6.07) is 0. The molecule has 0 aliphatic heterocycles. The van der Waals surface area contributed by atoms with Gasteiger partial charge in [0, 0.05) is 34.4 Å². The molecule has 0 heterocycles. The van der Waals surface area contributed by atoms with Crippen molar-refractivity contribution in [3.63, 3.8) is 0 Å². The molecule has 0 spiro atoms. The normalized spacial score (nSPS) is 11.5. The molecule has 0 aromatic carbocycles. The summed E-state index contributed by atoms with van der Waals surface area (Å²) < 4.78 is 14.1. The van der Waals surface area contributed by atoms with Crippen LogP contribution in [0, 0.1) is 0 Å². The molecule has 5 nitrogen and oxygen atoms in total. The van der Waals surface area contributed by atoms with Gasteiger partial charge in [-0.25, -0.2) is 9.00 Å². The van der Waals surface area contributed by atoms with Crippen molar-refractivity contribution in [3.8, 4) is 0 Å². The highest BCUT2D eigenvalue weighted by molar-refractivity contribution is 7.92. The van der Waals surface area contributed by atoms with E-state index in [1.54, 1.807) is 0 Å². The van der Waals surface area contributed by atoms with Gasteiger partial charge in [-0.15, -0.1) is 0 Å². The van der Waals surface area contributed by atoms with E-state index in [4.69, 9.17) is 5.11 Å². The maximum Gasteiger partial charge on any atom is 0.328 e. The summed E-state index contributed by atoms with van der Waals surface area (Å²) in [5.74, 6) is -2.04. The first kappa shape index (κ1) is 10.8. The van der Waals surface area contributed by atoms with E-state index in [0.29, 0.717) is 6.08 Å². The highest BCUT2D eigenvalue weighted by Gasteiger charge is 1.96. The van der Waals surface area contributed by atoms with E-state index in [9.17, 15) is 13.8 Å². The van der Waals surface area contributed by atoms with Gasteiger partial charge in [-0.05, 0) is 0 Å². The third-order valence-corrected chi connectivity index (χ3v) is 1.30. The topological polar surface area (TPSA) is 83.8 Å². The second-order valence-corrected chi connectivity index (χ2v) is 4.83. The van der Waals surface area contributed by atoms with E-state index in [2.05, 4.69) is 4.36 Å². The van der Waals surface area contributed by atoms with Crippen molar-refractivity contribution in [2.45, 2.75) is 0 Å². The van der Waals surface area contributed by atoms with Crippen LogP contribution in [0.3, 0.4) is 0 Å². The number of amides is 1. The van der Waals surface area contributed by atoms with Crippen molar-refractivity contribution >= 4 is 21.6 Å². The largest absolute Gasteiger partial charge is 0.478 e. The molecule has 6 heteroatoms. The molecule has 0 aliphatic rings. The standard InChI is InChI=1S/C6H9NO4S/c1-12(2,11)7-5(8)3-4-6(9)10/h3-4H,1-2H3,(H,9,10)/b4-3-. The average Bonchev–Trinajstić information content (AvgIpc) is 1.79. The zero-order chi connectivity index (χ0) is 9.78. The summed E-state index contributed by atoms with van der Waals surface area (Å²) >= 11 is 0. The maximum absolute atomic E-state index is 10.9. The van der Waals surface area contributed by atoms with Crippen LogP contribution in [0.25, 0.3) is 0 Å². The van der Waals surface area contributed by atoms with Crippen LogP contribution in [-0.4, -0.2) is 33.7 Å². The van der Waals surface area contributed by atoms with E-state index in [0.717, 1.165) is 6.08 Å². The van der Waals surface area contributed by atoms with Crippen molar-refractivity contribution in [1.29, 1.82) is 0 Å². The quantitative estimate of drug-likeness (QED) is 0.617. The number of carbonyl (C=O) groups is 2. The SMILES string of the molecule is CS(C)(=O)=NC(=O)/C=C\C(=O)O. The second kappa shape index (κ2) is 4.01. The fourth-order valence-electron chi connectivity index (χ4n) is 0.390. The summed E-state index contributed by atoms with van der Waals surface area (Å²) in [7, 11) is -2.49. The predicted molar refractivity (Wildman–Crippen MR) is 44.2 cm³/mol. The minimum absolute atomic E-state index is 0.650. The van der Waals surface area contributed by atoms with Crippen LogP contribution in [0.15, 0.2) is 16.5 Å². The number of carbonyl (C=O) groups excluding carboxylic acids is 1. The Kier molecular flexibility index (Phi) is 3.62. The van der Waals surface area contributed by atoms with Crippen molar-refractivity contribution in [2.75, 3.05) is 12.5 Å². The van der Waals surface area contributed by atoms with Crippen molar-refractivity contribution in [2.24, 2.45) is 4.36 Å². The predicted octanol–water partition coefficient (Wildman–Crippen LogP) is -0.119. The number of aliphatic carboxylic acids is 1. The molecule has 1 amide bonds. The molecule has 0 aliphatic carbocycles. The van der Waals surface area contributed by atoms with Crippen LogP contribution in [0.1, 0.15) is 0 Å². The smallest absolute Gasteiger partial charge is 0.328 e. The lowest BCUT2D eigenvalue weighted by Gasteiger charge is -1.88. The average molecular weight is 191 g/mol. The monoisotopic (exact) mass is 191 g/mol. The molecule has 0 bridgehead atoms. The molecular weight excluding hydrogens is 182 g/mol. The van der Waals surface area contributed by atoms with Gasteiger partial charge in [-0.1, -0.05) is 0 Å². The number of rotatable bonds is 2. The van der Waals surface area contributed by atoms with Crippen molar-refractivity contribution in [1.82, 2.24) is 0 Å². The first-order valence-electron chi connectivity index (χ1n) is 2.93. The Bertz CT molecular complexity index is 327. The Labute approximate surface area is 70.3 Å². The zero-order valence-electron chi connectivity index (χ0n) is 6.68. The van der Waals surface area contributed by atoms with Crippen LogP contribution in [0.2, 0.25) is 0 Å². The van der Waals surface area contributed by atoms with Crippen LogP contribution in [0.4, 0.5) is 0 Å². The van der Waals surface area contributed by atoms with Crippen LogP contribution in [-0.2, 0) is 19.3 Å². The van der Waals surface area contributed by atoms with Gasteiger partial charge in [0.15, 0.2) is 0 Å². The minimum Gasteiger partial charge on any atom is -0.478 e. The van der Waals surface area contributed by atoms with Crippen LogP contribution in [0.5, 0.6) is 0 Å². The molecule has 12 heavy (non-hydrogen) atoms. The lowest BCUT2D eigenvalue weighted by atomic mass is 10.5. The van der Waals surface area contributed by atoms with Gasteiger partial charge in [0.05, 0.1) is 0 Å². The number of carboxylic acid groups (broad SMARTS) is 1. The highest BCUT2D eigenvalue weighted by Crippen LogP contribution is 1.87. The molecule has 0 radical (unpaired) electrons. The molecule has 0 saturated heterocycles. The van der Waals surface area contributed by atoms with Gasteiger partial charge >= 0.3 is 5.97 Å². The van der Waals surface area contributed by atoms with Crippen molar-refractivity contribution < 1.29 is 18.9 Å². The Morgan fingerprint density at radius 2 is 1.83 bits per heavy atom. The Hall–Kier alpha value is -1.17. The van der Waals surface area contributed by atoms with E-state index >= 15 is 0 Å². The molecule has 0 aromatic rings. The molecule has 0 unspecified atom stereocenters. The summed E-state index contributed by atoms with van der Waals surface area (Å²) in [5.41, 5.74) is 0. The first-order chi connectivity index (χ1) is 5.31. The van der Waals surface area contributed by atoms with Gasteiger partial charge < -0.3 is 5.11 Å². The van der Waals surface area contributed by atoms with Crippen LogP contribution < -0.4 is 0 Å². The Balaban J connectivity index is 4.48. The molecule has 0 rings (SSSR count). The van der Waals surface area contributed by atoms with Crippen molar-refractivity contribution in [3.05, 3.63) is 12.2 Å². The molecule has 0 aromatic heterocycles. The third kappa shape index (κ3) is 6.94. The zero-order valence-corrected chi connectivity index (χ0v) is 7.50. The van der Waals surface area contributed by atoms with Crippen LogP contribution >= 0.6 is 0 Å². The number of carboxylic acids is 1. The van der Waals surface area contributed by atoms with E-state index in [1.807, 2.05) is 0 Å². The summed E-state index contributed by atoms with van der Waals surface area (Å²) in [6.07, 6.45) is 3.99. The van der Waals surface area contributed by atoms with E-state index < -0.39 is 21.6 Å². The lowest BCUT2D eigenvalue weighted by molar-refractivity contribution is -0.131. The first-order valence-corrected chi connectivity index (χ1v) is 5.26. The van der Waals surface area contributed by atoms with Gasteiger partial charge in [0.1, 0.15) is 0 Å². The number of nitrogens with zero attached hydrogens (tertiary/aromatic N) is 1. The van der Waals surface area contributed by atoms with Gasteiger partial charge in [0.25, 0.3) is 5.91 Å². The van der Waals surface area contributed by atoms with Gasteiger partial charge in [0.2, 0.25) is 0 Å². The van der Waals surface area contributed by atoms with Gasteiger partial charge in [-0.3, -0.25) is 4.79 Å². The molecule has 68 valence electrons. The summed E-state index contributed by atoms with van der Waals surface area (Å²) in [5, 5.41) is 8.11. The molecule has 0 fully saturated rings. The molecule has 0 saturated carbocycles. The Morgan fingerprint density at radius 1 is 1.33 bits per heavy atom. The summed E-state index contributed by atoms with van der Waals surface area (Å²) in [4.78, 5) is 20.6. The van der Waals surface area contributed by atoms with E-state index in [1.165, 1.54) is 12.5 Å². The molecular formula is C6H9NO4S. The number of hydrogen-bond donors (Lipinski definition) is 1. The maximum atomic E-state index is 10.9. The minimum atomic E-state index is -2.49. The molecule has 1 N–H and O–H groups in total. The second-order valence-electron chi connectivity index (χ2n) is 2.28. The van der Waals surface area contributed by atoms with Gasteiger partial charge in [-0.2, -0.15) is 4.36 Å². The molecule has 0 atom stereocenters. The fourth-order valence-corrected chi connectivity index (χ4v) is 0.884.